The summed E-state index contributed by atoms with van der Waals surface area (Å²) in [6, 6.07) is 14.4. The molecule has 154 valence electrons. The van der Waals surface area contributed by atoms with E-state index >= 15 is 0 Å². The van der Waals surface area contributed by atoms with Crippen molar-refractivity contribution in [2.75, 3.05) is 18.5 Å². The van der Waals surface area contributed by atoms with Gasteiger partial charge in [-0.2, -0.15) is 0 Å². The van der Waals surface area contributed by atoms with Crippen LogP contribution in [0.2, 0.25) is 5.02 Å². The lowest BCUT2D eigenvalue weighted by molar-refractivity contribution is -0.130. The highest BCUT2D eigenvalue weighted by atomic mass is 35.5. The van der Waals surface area contributed by atoms with E-state index in [-0.39, 0.29) is 17.9 Å². The molecule has 2 amide bonds. The van der Waals surface area contributed by atoms with E-state index in [1.807, 2.05) is 38.1 Å². The SMILES string of the molecule is CCO[C@@H](C)CNC(=O)C1(c2ccc(NC(=O)c3cccc(Cl)c3)cc2)CCC1. The Morgan fingerprint density at radius 2 is 1.90 bits per heavy atom. The molecule has 6 heteroatoms. The van der Waals surface area contributed by atoms with E-state index in [1.165, 1.54) is 0 Å². The van der Waals surface area contributed by atoms with E-state index in [2.05, 4.69) is 10.6 Å². The zero-order valence-corrected chi connectivity index (χ0v) is 17.6. The van der Waals surface area contributed by atoms with E-state index in [0.29, 0.717) is 29.4 Å². The molecule has 5 nitrogen and oxygen atoms in total. The van der Waals surface area contributed by atoms with Crippen molar-refractivity contribution in [2.24, 2.45) is 0 Å². The van der Waals surface area contributed by atoms with Crippen LogP contribution in [0.1, 0.15) is 49.0 Å². The maximum absolute atomic E-state index is 12.9. The third kappa shape index (κ3) is 4.98. The summed E-state index contributed by atoms with van der Waals surface area (Å²) >= 11 is 5.95. The molecule has 0 bridgehead atoms. The Morgan fingerprint density at radius 1 is 1.17 bits per heavy atom. The molecule has 1 saturated carbocycles. The molecular weight excluding hydrogens is 388 g/mol. The van der Waals surface area contributed by atoms with Gasteiger partial charge in [0.15, 0.2) is 0 Å². The van der Waals surface area contributed by atoms with Gasteiger partial charge in [0.2, 0.25) is 5.91 Å². The van der Waals surface area contributed by atoms with Gasteiger partial charge < -0.3 is 15.4 Å². The molecule has 2 N–H and O–H groups in total. The second-order valence-corrected chi connectivity index (χ2v) is 7.89. The van der Waals surface area contributed by atoms with Crippen LogP contribution in [0.5, 0.6) is 0 Å². The number of carbonyl (C=O) groups is 2. The number of hydrogen-bond acceptors (Lipinski definition) is 3. The quantitative estimate of drug-likeness (QED) is 0.665. The minimum absolute atomic E-state index is 0.00912. The van der Waals surface area contributed by atoms with Crippen molar-refractivity contribution in [3.05, 3.63) is 64.7 Å². The van der Waals surface area contributed by atoms with Crippen molar-refractivity contribution >= 4 is 29.1 Å². The van der Waals surface area contributed by atoms with Crippen LogP contribution in [-0.4, -0.2) is 31.1 Å². The van der Waals surface area contributed by atoms with Gasteiger partial charge in [-0.3, -0.25) is 9.59 Å². The second-order valence-electron chi connectivity index (χ2n) is 7.45. The minimum Gasteiger partial charge on any atom is -0.377 e. The Hall–Kier alpha value is -2.37. The molecule has 0 unspecified atom stereocenters. The number of ether oxygens (including phenoxy) is 1. The first-order valence-corrected chi connectivity index (χ1v) is 10.4. The van der Waals surface area contributed by atoms with Gasteiger partial charge in [-0.25, -0.2) is 0 Å². The van der Waals surface area contributed by atoms with Crippen molar-refractivity contribution in [1.29, 1.82) is 0 Å². The van der Waals surface area contributed by atoms with Crippen molar-refractivity contribution in [1.82, 2.24) is 5.32 Å². The molecule has 0 heterocycles. The fraction of sp³-hybridized carbons (Fsp3) is 0.391. The van der Waals surface area contributed by atoms with Crippen LogP contribution >= 0.6 is 11.6 Å². The van der Waals surface area contributed by atoms with Gasteiger partial charge in [-0.1, -0.05) is 36.2 Å². The summed E-state index contributed by atoms with van der Waals surface area (Å²) in [4.78, 5) is 25.3. The van der Waals surface area contributed by atoms with Crippen molar-refractivity contribution in [2.45, 2.75) is 44.6 Å². The summed E-state index contributed by atoms with van der Waals surface area (Å²) < 4.78 is 5.50. The average molecular weight is 415 g/mol. The number of amides is 2. The second kappa shape index (κ2) is 9.42. The lowest BCUT2D eigenvalue weighted by Crippen LogP contribution is -2.50. The van der Waals surface area contributed by atoms with Crippen LogP contribution in [-0.2, 0) is 14.9 Å². The van der Waals surface area contributed by atoms with Crippen LogP contribution in [0.15, 0.2) is 48.5 Å². The van der Waals surface area contributed by atoms with E-state index in [1.54, 1.807) is 24.3 Å². The summed E-state index contributed by atoms with van der Waals surface area (Å²) in [7, 11) is 0. The Labute approximate surface area is 176 Å². The molecule has 0 spiro atoms. The molecule has 0 radical (unpaired) electrons. The van der Waals surface area contributed by atoms with Gasteiger partial charge in [0, 0.05) is 29.4 Å². The average Bonchev–Trinajstić information content (AvgIpc) is 2.67. The van der Waals surface area contributed by atoms with Crippen LogP contribution in [0.3, 0.4) is 0 Å². The molecule has 0 saturated heterocycles. The highest BCUT2D eigenvalue weighted by Gasteiger charge is 2.45. The van der Waals surface area contributed by atoms with Crippen LogP contribution < -0.4 is 10.6 Å². The first-order chi connectivity index (χ1) is 13.9. The number of carbonyl (C=O) groups excluding carboxylic acids is 2. The zero-order chi connectivity index (χ0) is 20.9. The van der Waals surface area contributed by atoms with E-state index in [0.717, 1.165) is 24.8 Å². The lowest BCUT2D eigenvalue weighted by Gasteiger charge is -2.41. The number of anilines is 1. The summed E-state index contributed by atoms with van der Waals surface area (Å²) in [5.41, 5.74) is 1.67. The predicted octanol–water partition coefficient (Wildman–Crippen LogP) is 4.56. The standard InChI is InChI=1S/C23H27ClN2O3/c1-3-29-16(2)15-25-22(28)23(12-5-13-23)18-8-10-20(11-9-18)26-21(27)17-6-4-7-19(24)14-17/h4,6-11,14,16H,3,5,12-13,15H2,1-2H3,(H,25,28)(H,26,27)/t16-/m0/s1. The molecule has 1 fully saturated rings. The molecule has 1 aliphatic rings. The Bertz CT molecular complexity index is 863. The van der Waals surface area contributed by atoms with E-state index in [9.17, 15) is 9.59 Å². The monoisotopic (exact) mass is 414 g/mol. The van der Waals surface area contributed by atoms with Gasteiger partial charge in [0.25, 0.3) is 5.91 Å². The van der Waals surface area contributed by atoms with E-state index < -0.39 is 5.41 Å². The fourth-order valence-electron chi connectivity index (χ4n) is 3.63. The molecule has 0 aliphatic heterocycles. The molecule has 29 heavy (non-hydrogen) atoms. The topological polar surface area (TPSA) is 67.4 Å². The molecule has 2 aromatic carbocycles. The lowest BCUT2D eigenvalue weighted by atomic mass is 9.63. The van der Waals surface area contributed by atoms with Crippen LogP contribution in [0.4, 0.5) is 5.69 Å². The summed E-state index contributed by atoms with van der Waals surface area (Å²) in [5.74, 6) is -0.174. The van der Waals surface area contributed by atoms with Gasteiger partial charge in [-0.05, 0) is 62.6 Å². The summed E-state index contributed by atoms with van der Waals surface area (Å²) in [6.07, 6.45) is 2.68. The largest absolute Gasteiger partial charge is 0.377 e. The Balaban J connectivity index is 1.66. The number of benzene rings is 2. The molecule has 1 aliphatic carbocycles. The number of hydrogen-bond donors (Lipinski definition) is 2. The maximum atomic E-state index is 12.9. The third-order valence-electron chi connectivity index (χ3n) is 5.43. The molecule has 3 rings (SSSR count). The molecular formula is C23H27ClN2O3. The first kappa shape index (κ1) is 21.3. The Kier molecular flexibility index (Phi) is 6.93. The first-order valence-electron chi connectivity index (χ1n) is 10.0. The van der Waals surface area contributed by atoms with E-state index in [4.69, 9.17) is 16.3 Å². The van der Waals surface area contributed by atoms with Crippen molar-refractivity contribution < 1.29 is 14.3 Å². The third-order valence-corrected chi connectivity index (χ3v) is 5.66. The normalized spacial score (nSPS) is 15.8. The maximum Gasteiger partial charge on any atom is 0.255 e. The highest BCUT2D eigenvalue weighted by Crippen LogP contribution is 2.44. The van der Waals surface area contributed by atoms with Crippen LogP contribution in [0.25, 0.3) is 0 Å². The Morgan fingerprint density at radius 3 is 2.48 bits per heavy atom. The molecule has 0 aromatic heterocycles. The number of rotatable bonds is 8. The predicted molar refractivity (Wildman–Crippen MR) is 115 cm³/mol. The highest BCUT2D eigenvalue weighted by molar-refractivity contribution is 6.31. The van der Waals surface area contributed by atoms with Gasteiger partial charge >= 0.3 is 0 Å². The van der Waals surface area contributed by atoms with Crippen molar-refractivity contribution in [3.8, 4) is 0 Å². The zero-order valence-electron chi connectivity index (χ0n) is 16.8. The van der Waals surface area contributed by atoms with Gasteiger partial charge in [0.05, 0.1) is 11.5 Å². The molecule has 1 atom stereocenters. The summed E-state index contributed by atoms with van der Waals surface area (Å²) in [6.45, 7) is 5.03. The smallest absolute Gasteiger partial charge is 0.255 e. The van der Waals surface area contributed by atoms with Gasteiger partial charge in [0.1, 0.15) is 0 Å². The number of nitrogens with one attached hydrogen (secondary N) is 2. The van der Waals surface area contributed by atoms with Crippen LogP contribution in [0, 0.1) is 0 Å². The van der Waals surface area contributed by atoms with Crippen molar-refractivity contribution in [3.63, 3.8) is 0 Å². The van der Waals surface area contributed by atoms with Gasteiger partial charge in [-0.15, -0.1) is 0 Å². The molecule has 2 aromatic rings. The summed E-state index contributed by atoms with van der Waals surface area (Å²) in [5, 5.41) is 6.42. The number of halogens is 1. The minimum atomic E-state index is -0.485. The fourth-order valence-corrected chi connectivity index (χ4v) is 3.82.